The highest BCUT2D eigenvalue weighted by molar-refractivity contribution is 6.01. The third-order valence-electron chi connectivity index (χ3n) is 8.99. The van der Waals surface area contributed by atoms with Crippen LogP contribution in [0.4, 0.5) is 0 Å². The number of aryl methyl sites for hydroxylation is 3. The molecule has 2 nitrogen and oxygen atoms in total. The Balaban J connectivity index is 0.000000267. The molecule has 0 heterocycles. The zero-order chi connectivity index (χ0) is 35.4. The van der Waals surface area contributed by atoms with Crippen molar-refractivity contribution in [1.82, 2.24) is 0 Å². The van der Waals surface area contributed by atoms with Crippen LogP contribution in [0.3, 0.4) is 0 Å². The van der Waals surface area contributed by atoms with E-state index in [4.69, 9.17) is 10.7 Å². The molecule has 0 spiro atoms. The number of nitrogens with zero attached hydrogens (tertiary/aromatic N) is 1. The lowest BCUT2D eigenvalue weighted by atomic mass is 9.94. The molecule has 51 heavy (non-hydrogen) atoms. The highest BCUT2D eigenvalue weighted by Gasteiger charge is 2.11. The molecule has 0 aliphatic rings. The smallest absolute Gasteiger partial charge is 0.131 e. The van der Waals surface area contributed by atoms with Gasteiger partial charge in [-0.2, -0.15) is 0 Å². The Morgan fingerprint density at radius 1 is 0.471 bits per heavy atom. The number of rotatable bonds is 8. The quantitative estimate of drug-likeness (QED) is 0.128. The van der Waals surface area contributed by atoms with Crippen molar-refractivity contribution in [2.24, 2.45) is 10.7 Å². The van der Waals surface area contributed by atoms with E-state index in [0.717, 1.165) is 34.4 Å². The molecule has 7 aromatic rings. The van der Waals surface area contributed by atoms with Crippen molar-refractivity contribution in [2.45, 2.75) is 27.2 Å². The van der Waals surface area contributed by atoms with Crippen molar-refractivity contribution >= 4 is 11.5 Å². The average molecular weight is 661 g/mol. The van der Waals surface area contributed by atoms with Gasteiger partial charge in [-0.1, -0.05) is 175 Å². The number of benzene rings is 7. The number of amidine groups is 1. The van der Waals surface area contributed by atoms with Crippen LogP contribution in [0.2, 0.25) is 0 Å². The molecule has 2 heteroatoms. The fraction of sp³-hybridized carbons (Fsp3) is 0.0816. The van der Waals surface area contributed by atoms with Crippen LogP contribution in [-0.4, -0.2) is 5.84 Å². The first-order chi connectivity index (χ1) is 24.9. The second-order valence-electron chi connectivity index (χ2n) is 12.8. The molecule has 0 radical (unpaired) electrons. The minimum absolute atomic E-state index is 0.502. The number of aliphatic imine (C=N–C) groups is 1. The fourth-order valence-corrected chi connectivity index (χ4v) is 6.10. The summed E-state index contributed by atoms with van der Waals surface area (Å²) in [5.74, 6) is 0.502. The molecule has 0 unspecified atom stereocenters. The zero-order valence-electron chi connectivity index (χ0n) is 29.6. The summed E-state index contributed by atoms with van der Waals surface area (Å²) in [5, 5.41) is 0. The first-order valence-electron chi connectivity index (χ1n) is 17.5. The Morgan fingerprint density at radius 2 is 0.941 bits per heavy atom. The van der Waals surface area contributed by atoms with E-state index in [1.165, 1.54) is 44.5 Å². The zero-order valence-corrected chi connectivity index (χ0v) is 29.6. The molecule has 7 aromatic carbocycles. The molecular weight excluding hydrogens is 617 g/mol. The molecule has 7 rings (SSSR count). The minimum Gasteiger partial charge on any atom is -0.383 e. The van der Waals surface area contributed by atoms with Gasteiger partial charge in [-0.25, -0.2) is 4.99 Å². The van der Waals surface area contributed by atoms with Gasteiger partial charge in [0.1, 0.15) is 5.84 Å². The van der Waals surface area contributed by atoms with E-state index < -0.39 is 0 Å². The molecule has 250 valence electrons. The van der Waals surface area contributed by atoms with Crippen molar-refractivity contribution in [1.29, 1.82) is 0 Å². The van der Waals surface area contributed by atoms with Crippen LogP contribution in [0.1, 0.15) is 33.4 Å². The molecular formula is C49H44N2. The summed E-state index contributed by atoms with van der Waals surface area (Å²) >= 11 is 0. The standard InChI is InChI=1S/C35H30N2.C14H14/c1-26-17-20-29(21-18-26)32-23-31(28-13-7-3-8-14-28)24-33(25-32)34(22-19-27-11-5-2-6-12-27)37-35(36)30-15-9-4-10-16-30;1-11-7-3-5-9-13(11)14-10-6-4-8-12(14)2/h2-18,20-25H,19H2,1H3,(H2,36,37);3-10H,1-2H3/b34-22-;. The van der Waals surface area contributed by atoms with E-state index >= 15 is 0 Å². The monoisotopic (exact) mass is 660 g/mol. The predicted molar refractivity (Wildman–Crippen MR) is 219 cm³/mol. The number of allylic oxidation sites excluding steroid dienone is 1. The molecule has 0 saturated heterocycles. The fourth-order valence-electron chi connectivity index (χ4n) is 6.10. The summed E-state index contributed by atoms with van der Waals surface area (Å²) in [6.45, 7) is 6.42. The molecule has 0 aliphatic heterocycles. The van der Waals surface area contributed by atoms with Gasteiger partial charge in [-0.05, 0) is 95.5 Å². The Kier molecular flexibility index (Phi) is 11.5. The predicted octanol–water partition coefficient (Wildman–Crippen LogP) is 12.3. The number of hydrogen-bond donors (Lipinski definition) is 1. The van der Waals surface area contributed by atoms with Gasteiger partial charge in [-0.3, -0.25) is 0 Å². The van der Waals surface area contributed by atoms with E-state index in [1.54, 1.807) is 0 Å². The van der Waals surface area contributed by atoms with Crippen LogP contribution in [0.25, 0.3) is 39.1 Å². The summed E-state index contributed by atoms with van der Waals surface area (Å²) in [7, 11) is 0. The van der Waals surface area contributed by atoms with E-state index in [1.807, 2.05) is 42.5 Å². The van der Waals surface area contributed by atoms with Crippen LogP contribution >= 0.6 is 0 Å². The number of nitrogens with two attached hydrogens (primary N) is 1. The van der Waals surface area contributed by atoms with Crippen LogP contribution in [0, 0.1) is 20.8 Å². The maximum Gasteiger partial charge on any atom is 0.131 e. The lowest BCUT2D eigenvalue weighted by Gasteiger charge is -2.13. The van der Waals surface area contributed by atoms with Crippen LogP contribution in [-0.2, 0) is 6.42 Å². The van der Waals surface area contributed by atoms with E-state index in [2.05, 4.69) is 166 Å². The van der Waals surface area contributed by atoms with Gasteiger partial charge in [0.05, 0.1) is 5.70 Å². The summed E-state index contributed by atoms with van der Waals surface area (Å²) in [5.41, 5.74) is 21.8. The van der Waals surface area contributed by atoms with Gasteiger partial charge in [0.15, 0.2) is 0 Å². The summed E-state index contributed by atoms with van der Waals surface area (Å²) in [4.78, 5) is 4.97. The molecule has 0 amide bonds. The third kappa shape index (κ3) is 9.26. The van der Waals surface area contributed by atoms with Gasteiger partial charge < -0.3 is 5.73 Å². The molecule has 0 bridgehead atoms. The average Bonchev–Trinajstić information content (AvgIpc) is 3.18. The van der Waals surface area contributed by atoms with Crippen LogP contribution < -0.4 is 5.73 Å². The lowest BCUT2D eigenvalue weighted by molar-refractivity contribution is 1.26. The normalized spacial score (nSPS) is 11.4. The second kappa shape index (κ2) is 16.9. The summed E-state index contributed by atoms with van der Waals surface area (Å²) in [6, 6.07) is 63.2. The Labute approximate surface area is 303 Å². The second-order valence-corrected chi connectivity index (χ2v) is 12.8. The largest absolute Gasteiger partial charge is 0.383 e. The van der Waals surface area contributed by atoms with Crippen molar-refractivity contribution < 1.29 is 0 Å². The van der Waals surface area contributed by atoms with Crippen molar-refractivity contribution in [3.8, 4) is 33.4 Å². The highest BCUT2D eigenvalue weighted by Crippen LogP contribution is 2.32. The SMILES string of the molecule is Cc1ccc(-c2cc(/C(=C/Cc3ccccc3)N=C(N)c3ccccc3)cc(-c3ccccc3)c2)cc1.Cc1ccccc1-c1ccccc1C. The molecule has 0 aromatic heterocycles. The molecule has 0 atom stereocenters. The molecule has 2 N–H and O–H groups in total. The number of hydrogen-bond acceptors (Lipinski definition) is 1. The molecule has 0 fully saturated rings. The van der Waals surface area contributed by atoms with Gasteiger partial charge in [0.25, 0.3) is 0 Å². The molecule has 0 saturated carbocycles. The Morgan fingerprint density at radius 3 is 1.49 bits per heavy atom. The van der Waals surface area contributed by atoms with Crippen LogP contribution in [0.5, 0.6) is 0 Å². The first kappa shape index (κ1) is 34.6. The topological polar surface area (TPSA) is 38.4 Å². The first-order valence-corrected chi connectivity index (χ1v) is 17.5. The maximum atomic E-state index is 6.53. The lowest BCUT2D eigenvalue weighted by Crippen LogP contribution is -2.13. The minimum atomic E-state index is 0.502. The van der Waals surface area contributed by atoms with E-state index in [-0.39, 0.29) is 0 Å². The summed E-state index contributed by atoms with van der Waals surface area (Å²) < 4.78 is 0. The highest BCUT2D eigenvalue weighted by atomic mass is 14.9. The Hall–Kier alpha value is -6.25. The Bertz CT molecular complexity index is 2190. The van der Waals surface area contributed by atoms with Gasteiger partial charge in [0.2, 0.25) is 0 Å². The van der Waals surface area contributed by atoms with Gasteiger partial charge >= 0.3 is 0 Å². The van der Waals surface area contributed by atoms with E-state index in [0.29, 0.717) is 5.84 Å². The third-order valence-corrected chi connectivity index (χ3v) is 8.99. The maximum absolute atomic E-state index is 6.53. The summed E-state index contributed by atoms with van der Waals surface area (Å²) in [6.07, 6.45) is 2.94. The van der Waals surface area contributed by atoms with Gasteiger partial charge in [0, 0.05) is 11.1 Å². The van der Waals surface area contributed by atoms with Crippen LogP contribution in [0.15, 0.2) is 193 Å². The van der Waals surface area contributed by atoms with Gasteiger partial charge in [-0.15, -0.1) is 0 Å². The molecule has 0 aliphatic carbocycles. The van der Waals surface area contributed by atoms with E-state index in [9.17, 15) is 0 Å². The van der Waals surface area contributed by atoms with Crippen molar-refractivity contribution in [3.63, 3.8) is 0 Å². The van der Waals surface area contributed by atoms with Crippen molar-refractivity contribution in [2.75, 3.05) is 0 Å². The van der Waals surface area contributed by atoms with Crippen molar-refractivity contribution in [3.05, 3.63) is 221 Å².